The van der Waals surface area contributed by atoms with Crippen molar-refractivity contribution >= 4 is 70.5 Å². The van der Waals surface area contributed by atoms with Gasteiger partial charge in [-0.25, -0.2) is 4.79 Å². The number of nitrogens with one attached hydrogen (secondary N) is 7. The number of halogens is 2. The molecule has 101 heavy (non-hydrogen) atoms. The third kappa shape index (κ3) is 15.8. The van der Waals surface area contributed by atoms with Crippen LogP contribution in [0.15, 0.2) is 78.9 Å². The number of fused-ring (bicyclic) bond motifs is 15. The van der Waals surface area contributed by atoms with Gasteiger partial charge in [0.2, 0.25) is 53.4 Å². The van der Waals surface area contributed by atoms with Crippen molar-refractivity contribution < 1.29 is 118 Å². The lowest BCUT2D eigenvalue weighted by molar-refractivity contribution is -0.333. The van der Waals surface area contributed by atoms with Gasteiger partial charge in [0, 0.05) is 34.7 Å². The Morgan fingerprint density at radius 3 is 1.90 bits per heavy atom. The number of carboxylic acids is 1. The van der Waals surface area contributed by atoms with Gasteiger partial charge in [0.15, 0.2) is 29.9 Å². The van der Waals surface area contributed by atoms with Gasteiger partial charge in [-0.1, -0.05) is 55.2 Å². The SMILES string of the molecule is CN[C@H](CC(C)C)C(=O)NC1C(=O)N[C@@H](CC(N)=O)C(=O)N[C@H]2C(=O)N[C@H]3C(=O)NC(C(=O)NC(C(=O)O)c4cc(O)cc(O)c4-c4cc3ccc4O)[C@H](O)c3ccc(c(Cl)c3)Oc3cc2cc(c3O[C@H]2OC(CO)[C@@H](O)[C@H](O)C2OC2CC(C)(N)C(O)C(C)O2)Oc2ccc(cc2Cl)[C@H]1O. The molecule has 18 atom stereocenters. The molecule has 21 N–H and O–H groups in total. The van der Waals surface area contributed by atoms with Crippen LogP contribution in [0, 0.1) is 5.92 Å². The predicted octanol–water partition coefficient (Wildman–Crippen LogP) is 0.106. The Kier molecular flexibility index (Phi) is 22.2. The summed E-state index contributed by atoms with van der Waals surface area (Å²) in [6.45, 7) is 5.66. The molecule has 5 aromatic carbocycles. The highest BCUT2D eigenvalue weighted by atomic mass is 35.5. The summed E-state index contributed by atoms with van der Waals surface area (Å²) in [5.41, 5.74) is 8.00. The summed E-state index contributed by atoms with van der Waals surface area (Å²) >= 11 is 14.1. The van der Waals surface area contributed by atoms with Gasteiger partial charge >= 0.3 is 5.97 Å². The summed E-state index contributed by atoms with van der Waals surface area (Å²) in [6.07, 6.45) is -18.6. The largest absolute Gasteiger partial charge is 0.508 e. The number of aliphatic carboxylic acids is 1. The zero-order valence-electron chi connectivity index (χ0n) is 54.3. The van der Waals surface area contributed by atoms with Crippen LogP contribution >= 0.6 is 23.2 Å². The van der Waals surface area contributed by atoms with E-state index >= 15 is 14.4 Å². The Morgan fingerprint density at radius 2 is 1.32 bits per heavy atom. The van der Waals surface area contributed by atoms with Crippen molar-refractivity contribution in [1.82, 2.24) is 37.2 Å². The molecule has 0 saturated carbocycles. The zero-order valence-corrected chi connectivity index (χ0v) is 55.8. The molecular formula is C66H75Cl2N9O24. The molecule has 7 amide bonds. The number of nitrogens with two attached hydrogens (primary N) is 2. The number of aliphatic hydroxyl groups excluding tert-OH is 6. The highest BCUT2D eigenvalue weighted by molar-refractivity contribution is 6.32. The molecule has 0 aliphatic carbocycles. The van der Waals surface area contributed by atoms with Crippen molar-refractivity contribution in [1.29, 1.82) is 0 Å². The van der Waals surface area contributed by atoms with Crippen LogP contribution in [0.5, 0.6) is 46.0 Å². The summed E-state index contributed by atoms with van der Waals surface area (Å²) in [5, 5.41) is 131. The lowest BCUT2D eigenvalue weighted by atomic mass is 9.86. The van der Waals surface area contributed by atoms with E-state index in [1.165, 1.54) is 33.0 Å². The molecule has 9 unspecified atom stereocenters. The smallest absolute Gasteiger partial charge is 0.330 e. The first-order chi connectivity index (χ1) is 47.7. The van der Waals surface area contributed by atoms with E-state index in [0.717, 1.165) is 66.7 Å². The minimum atomic E-state index is -2.35. The maximum atomic E-state index is 16.0. The zero-order chi connectivity index (χ0) is 73.5. The Hall–Kier alpha value is -9.20. The van der Waals surface area contributed by atoms with Crippen molar-refractivity contribution in [2.75, 3.05) is 13.7 Å². The minimum Gasteiger partial charge on any atom is -0.508 e. The van der Waals surface area contributed by atoms with Crippen molar-refractivity contribution in [2.24, 2.45) is 17.4 Å². The topological polar surface area (TPSA) is 530 Å². The van der Waals surface area contributed by atoms with Gasteiger partial charge in [0.25, 0.3) is 0 Å². The number of carbonyl (C=O) groups excluding carboxylic acids is 7. The second kappa shape index (κ2) is 30.2. The Bertz CT molecular complexity index is 4070. The number of likely N-dealkylation sites (N-methyl/N-ethyl adjacent to an activating group) is 1. The van der Waals surface area contributed by atoms with Gasteiger partial charge in [0.05, 0.1) is 41.3 Å². The van der Waals surface area contributed by atoms with Crippen LogP contribution in [0.3, 0.4) is 0 Å². The Labute approximate surface area is 584 Å². The maximum Gasteiger partial charge on any atom is 0.330 e. The first-order valence-electron chi connectivity index (χ1n) is 31.6. The fraction of sp³-hybridized carbons (Fsp3) is 0.424. The van der Waals surface area contributed by atoms with Crippen LogP contribution in [0.4, 0.5) is 0 Å². The first-order valence-corrected chi connectivity index (χ1v) is 32.4. The number of carbonyl (C=O) groups is 8. The van der Waals surface area contributed by atoms with Crippen LogP contribution in [0.1, 0.15) is 105 Å². The summed E-state index contributed by atoms with van der Waals surface area (Å²) < 4.78 is 38.3. The molecular weight excluding hydrogens is 1370 g/mol. The molecule has 0 spiro atoms. The molecule has 7 aliphatic rings. The quantitative estimate of drug-likeness (QED) is 0.0743. The molecule has 5 aromatic rings. The number of ether oxygens (including phenoxy) is 6. The van der Waals surface area contributed by atoms with E-state index in [2.05, 4.69) is 37.2 Å². The number of phenols is 3. The van der Waals surface area contributed by atoms with Crippen LogP contribution in [-0.2, 0) is 52.6 Å². The van der Waals surface area contributed by atoms with E-state index < -0.39 is 237 Å². The maximum absolute atomic E-state index is 16.0. The van der Waals surface area contributed by atoms with Crippen molar-refractivity contribution in [3.8, 4) is 57.1 Å². The number of hydrogen-bond acceptors (Lipinski definition) is 25. The fourth-order valence-electron chi connectivity index (χ4n) is 12.5. The molecule has 2 fully saturated rings. The first kappa shape index (κ1) is 74.5. The fourth-order valence-corrected chi connectivity index (χ4v) is 12.9. The lowest BCUT2D eigenvalue weighted by Gasteiger charge is -2.47. The van der Waals surface area contributed by atoms with Crippen molar-refractivity contribution in [3.63, 3.8) is 0 Å². The summed E-state index contributed by atoms with van der Waals surface area (Å²) in [7, 11) is 1.47. The van der Waals surface area contributed by atoms with E-state index in [1.807, 2.05) is 13.8 Å². The highest BCUT2D eigenvalue weighted by Gasteiger charge is 2.51. The third-order valence-electron chi connectivity index (χ3n) is 17.8. The van der Waals surface area contributed by atoms with E-state index in [0.29, 0.717) is 0 Å². The highest BCUT2D eigenvalue weighted by Crippen LogP contribution is 2.50. The second-order valence-corrected chi connectivity index (χ2v) is 26.5. The monoisotopic (exact) mass is 1450 g/mol. The third-order valence-corrected chi connectivity index (χ3v) is 18.4. The number of rotatable bonds is 13. The van der Waals surface area contributed by atoms with Crippen LogP contribution in [0.2, 0.25) is 10.0 Å². The van der Waals surface area contributed by atoms with E-state index in [4.69, 9.17) is 63.1 Å². The molecule has 542 valence electrons. The van der Waals surface area contributed by atoms with Gasteiger partial charge in [-0.2, -0.15) is 0 Å². The van der Waals surface area contributed by atoms with Gasteiger partial charge in [0.1, 0.15) is 89.5 Å². The molecule has 0 radical (unpaired) electrons. The number of phenolic OH excluding ortho intramolecular Hbond substituents is 3. The van der Waals surface area contributed by atoms with E-state index in [-0.39, 0.29) is 46.2 Å². The number of primary amides is 1. The standard InChI is InChI=1S/C66H75Cl2N9O24/c1-23(2)12-34(71-5)58(88)76-49-51(83)26-7-10-38(32(67)14-26)97-40-16-28-17-41(55(40)101-65-56(54(86)53(85)42(22-78)99-65)100-44-21-66(4,70)57(87)24(3)96-44)98-39-11-8-27(15-33(39)68)52(84)50-63(93)75-48(64(94)95)31-18-29(79)19-37(81)45(31)30-13-25(6-9-36(30)80)46(60(90)77-50)74-61(91)47(28)73-59(89)35(20-43(69)82)72-62(49)92/h6-11,13-19,23-24,34-35,42,44,46-54,56-57,65,71,78-81,83-87H,12,20-22,70H2,1-5H3,(H2,69,82)(H,72,92)(H,73,89)(H,74,91)(H,75,93)(H,76,88)(H,77,90)(H,94,95)/t24?,34-,35+,42?,44?,46-,47-,48?,49?,50?,51-,52-,53-,54+,56?,57?,65-,66?/m1/s1. The van der Waals surface area contributed by atoms with Crippen LogP contribution in [-0.4, -0.2) is 191 Å². The minimum absolute atomic E-state index is 0.0975. The van der Waals surface area contributed by atoms with Crippen LogP contribution in [0.25, 0.3) is 11.1 Å². The number of amides is 7. The molecule has 2 saturated heterocycles. The number of carboxylic acid groups (broad SMARTS) is 1. The number of aliphatic hydroxyl groups is 6. The van der Waals surface area contributed by atoms with Gasteiger partial charge in [-0.15, -0.1) is 0 Å². The van der Waals surface area contributed by atoms with E-state index in [1.54, 1.807) is 0 Å². The predicted molar refractivity (Wildman–Crippen MR) is 349 cm³/mol. The molecule has 7 aliphatic heterocycles. The second-order valence-electron chi connectivity index (χ2n) is 25.7. The van der Waals surface area contributed by atoms with Gasteiger partial charge in [-0.05, 0) is 110 Å². The van der Waals surface area contributed by atoms with Gasteiger partial charge in [-0.3, -0.25) is 33.6 Å². The number of aromatic hydroxyl groups is 3. The van der Waals surface area contributed by atoms with Crippen molar-refractivity contribution in [2.45, 2.75) is 156 Å². The van der Waals surface area contributed by atoms with Gasteiger partial charge < -0.3 is 128 Å². The molecule has 11 bridgehead atoms. The average molecular weight is 1450 g/mol. The molecule has 33 nitrogen and oxygen atoms in total. The molecule has 35 heteroatoms. The molecule has 0 aromatic heterocycles. The van der Waals surface area contributed by atoms with E-state index in [9.17, 15) is 75.0 Å². The van der Waals surface area contributed by atoms with Crippen LogP contribution < -0.4 is 62.9 Å². The molecule has 7 heterocycles. The lowest BCUT2D eigenvalue weighted by Crippen LogP contribution is -2.64. The Balaban J connectivity index is 1.24. The molecule has 12 rings (SSSR count). The summed E-state index contributed by atoms with van der Waals surface area (Å²) in [4.78, 5) is 117. The summed E-state index contributed by atoms with van der Waals surface area (Å²) in [5.74, 6) is -16.0. The Morgan fingerprint density at radius 1 is 0.713 bits per heavy atom. The summed E-state index contributed by atoms with van der Waals surface area (Å²) in [6, 6.07) is -0.679. The normalized spacial score (nSPS) is 29.4. The average Bonchev–Trinajstić information content (AvgIpc) is 0.775. The number of benzene rings is 5. The van der Waals surface area contributed by atoms with Crippen molar-refractivity contribution in [3.05, 3.63) is 117 Å². The number of hydrogen-bond donors (Lipinski definition) is 19.